The fourth-order valence-corrected chi connectivity index (χ4v) is 3.89. The molecule has 0 saturated carbocycles. The molecular formula is C17H23N3OS. The fourth-order valence-electron chi connectivity index (χ4n) is 2.94. The highest BCUT2D eigenvalue weighted by Gasteiger charge is 2.33. The molecule has 3 rings (SSSR count). The van der Waals surface area contributed by atoms with Gasteiger partial charge in [0.1, 0.15) is 0 Å². The van der Waals surface area contributed by atoms with Gasteiger partial charge < -0.3 is 10.4 Å². The summed E-state index contributed by atoms with van der Waals surface area (Å²) in [6.07, 6.45) is 2.64. The van der Waals surface area contributed by atoms with Crippen molar-refractivity contribution >= 4 is 11.3 Å². The predicted octanol–water partition coefficient (Wildman–Crippen LogP) is 2.18. The Labute approximate surface area is 135 Å². The quantitative estimate of drug-likeness (QED) is 0.857. The van der Waals surface area contributed by atoms with Gasteiger partial charge in [-0.2, -0.15) is 0 Å². The summed E-state index contributed by atoms with van der Waals surface area (Å²) < 4.78 is 0. The smallest absolute Gasteiger partial charge is 0.0909 e. The van der Waals surface area contributed by atoms with Crippen molar-refractivity contribution in [1.29, 1.82) is 0 Å². The molecule has 5 heteroatoms. The average Bonchev–Trinajstić information content (AvgIpc) is 3.10. The maximum Gasteiger partial charge on any atom is 0.0909 e. The number of aliphatic hydroxyl groups is 1. The largest absolute Gasteiger partial charge is 0.387 e. The first-order valence-electron chi connectivity index (χ1n) is 7.73. The van der Waals surface area contributed by atoms with E-state index in [1.54, 1.807) is 11.3 Å². The average molecular weight is 317 g/mol. The van der Waals surface area contributed by atoms with Gasteiger partial charge in [-0.05, 0) is 49.0 Å². The minimum absolute atomic E-state index is 0.625. The van der Waals surface area contributed by atoms with E-state index in [2.05, 4.69) is 33.6 Å². The monoisotopic (exact) mass is 317 g/mol. The van der Waals surface area contributed by atoms with E-state index in [9.17, 15) is 5.11 Å². The van der Waals surface area contributed by atoms with E-state index in [0.29, 0.717) is 13.1 Å². The van der Waals surface area contributed by atoms with E-state index < -0.39 is 5.60 Å². The topological polar surface area (TPSA) is 48.4 Å². The van der Waals surface area contributed by atoms with E-state index in [1.165, 1.54) is 10.4 Å². The summed E-state index contributed by atoms with van der Waals surface area (Å²) in [6, 6.07) is 8.16. The molecule has 1 fully saturated rings. The lowest BCUT2D eigenvalue weighted by atomic mass is 10.0. The van der Waals surface area contributed by atoms with E-state index in [1.807, 2.05) is 24.4 Å². The van der Waals surface area contributed by atoms with Crippen LogP contribution in [0.1, 0.15) is 22.6 Å². The Balaban J connectivity index is 1.74. The number of nitrogens with one attached hydrogen (secondary N) is 1. The van der Waals surface area contributed by atoms with Crippen LogP contribution in [0.4, 0.5) is 0 Å². The zero-order valence-corrected chi connectivity index (χ0v) is 13.8. The number of rotatable bonds is 6. The van der Waals surface area contributed by atoms with Crippen LogP contribution >= 0.6 is 11.3 Å². The molecular weight excluding hydrogens is 294 g/mol. The standard InChI is InChI=1S/C17H23N3OS/c1-14-5-9-22-16(14)11-20(10-15-4-2-3-7-19-15)13-17(21)6-8-18-12-17/h2-5,7,9,18,21H,6,8,10-13H2,1H3. The van der Waals surface area contributed by atoms with Gasteiger partial charge in [-0.1, -0.05) is 6.07 Å². The van der Waals surface area contributed by atoms with Crippen molar-refractivity contribution in [3.63, 3.8) is 0 Å². The summed E-state index contributed by atoms with van der Waals surface area (Å²) in [6.45, 7) is 6.02. The minimum atomic E-state index is -0.625. The van der Waals surface area contributed by atoms with Gasteiger partial charge in [-0.25, -0.2) is 0 Å². The molecule has 0 spiro atoms. The number of pyridine rings is 1. The van der Waals surface area contributed by atoms with Crippen molar-refractivity contribution in [2.75, 3.05) is 19.6 Å². The molecule has 0 aromatic carbocycles. The third-order valence-electron chi connectivity index (χ3n) is 4.19. The van der Waals surface area contributed by atoms with Crippen LogP contribution in [0, 0.1) is 6.92 Å². The Kier molecular flexibility index (Phi) is 4.88. The van der Waals surface area contributed by atoms with Gasteiger partial charge in [0, 0.05) is 37.3 Å². The minimum Gasteiger partial charge on any atom is -0.387 e. The molecule has 0 bridgehead atoms. The van der Waals surface area contributed by atoms with E-state index in [0.717, 1.165) is 31.7 Å². The van der Waals surface area contributed by atoms with Gasteiger partial charge in [0.2, 0.25) is 0 Å². The molecule has 1 unspecified atom stereocenters. The number of β-amino-alcohol motifs (C(OH)–C–C–N with tert-alkyl or cyclic N) is 1. The highest BCUT2D eigenvalue weighted by atomic mass is 32.1. The van der Waals surface area contributed by atoms with Crippen LogP contribution in [0.5, 0.6) is 0 Å². The number of aromatic nitrogens is 1. The van der Waals surface area contributed by atoms with Gasteiger partial charge in [-0.3, -0.25) is 9.88 Å². The van der Waals surface area contributed by atoms with Gasteiger partial charge in [0.15, 0.2) is 0 Å². The SMILES string of the molecule is Cc1ccsc1CN(Cc1ccccn1)CC1(O)CCNC1. The first kappa shape index (κ1) is 15.6. The van der Waals surface area contributed by atoms with Crippen LogP contribution in [-0.2, 0) is 13.1 Å². The maximum absolute atomic E-state index is 10.7. The number of hydrogen-bond donors (Lipinski definition) is 2. The highest BCUT2D eigenvalue weighted by molar-refractivity contribution is 7.10. The van der Waals surface area contributed by atoms with Crippen molar-refractivity contribution in [1.82, 2.24) is 15.2 Å². The van der Waals surface area contributed by atoms with Crippen molar-refractivity contribution in [3.05, 3.63) is 52.0 Å². The lowest BCUT2D eigenvalue weighted by molar-refractivity contribution is 0.0156. The third-order valence-corrected chi connectivity index (χ3v) is 5.19. The lowest BCUT2D eigenvalue weighted by Gasteiger charge is -2.30. The van der Waals surface area contributed by atoms with E-state index >= 15 is 0 Å². The van der Waals surface area contributed by atoms with Crippen molar-refractivity contribution < 1.29 is 5.11 Å². The number of thiophene rings is 1. The Hall–Kier alpha value is -1.27. The Morgan fingerprint density at radius 3 is 2.91 bits per heavy atom. The number of hydrogen-bond acceptors (Lipinski definition) is 5. The normalized spacial score (nSPS) is 21.6. The van der Waals surface area contributed by atoms with Crippen LogP contribution in [0.25, 0.3) is 0 Å². The molecule has 2 aromatic heterocycles. The molecule has 1 aliphatic heterocycles. The van der Waals surface area contributed by atoms with E-state index in [-0.39, 0.29) is 0 Å². The predicted molar refractivity (Wildman–Crippen MR) is 89.8 cm³/mol. The summed E-state index contributed by atoms with van der Waals surface area (Å²) in [7, 11) is 0. The third kappa shape index (κ3) is 3.93. The molecule has 3 heterocycles. The molecule has 0 radical (unpaired) electrons. The molecule has 2 N–H and O–H groups in total. The first-order valence-corrected chi connectivity index (χ1v) is 8.61. The molecule has 4 nitrogen and oxygen atoms in total. The molecule has 22 heavy (non-hydrogen) atoms. The van der Waals surface area contributed by atoms with Crippen molar-refractivity contribution in [3.8, 4) is 0 Å². The molecule has 1 atom stereocenters. The maximum atomic E-state index is 10.7. The summed E-state index contributed by atoms with van der Waals surface area (Å²) in [5.41, 5.74) is 1.75. The van der Waals surface area contributed by atoms with Crippen LogP contribution < -0.4 is 5.32 Å². The summed E-state index contributed by atoms with van der Waals surface area (Å²) in [4.78, 5) is 8.11. The molecule has 2 aromatic rings. The van der Waals surface area contributed by atoms with Crippen LogP contribution in [0.2, 0.25) is 0 Å². The first-order chi connectivity index (χ1) is 10.6. The zero-order chi connectivity index (χ0) is 15.4. The second-order valence-electron chi connectivity index (χ2n) is 6.14. The molecule has 0 amide bonds. The molecule has 0 aliphatic carbocycles. The van der Waals surface area contributed by atoms with Gasteiger partial charge in [0.05, 0.1) is 11.3 Å². The van der Waals surface area contributed by atoms with Crippen LogP contribution in [0.15, 0.2) is 35.8 Å². The highest BCUT2D eigenvalue weighted by Crippen LogP contribution is 2.22. The number of aryl methyl sites for hydroxylation is 1. The molecule has 1 saturated heterocycles. The van der Waals surface area contributed by atoms with Gasteiger partial charge in [-0.15, -0.1) is 11.3 Å². The fraction of sp³-hybridized carbons (Fsp3) is 0.471. The molecule has 1 aliphatic rings. The van der Waals surface area contributed by atoms with Crippen LogP contribution in [-0.4, -0.2) is 40.2 Å². The van der Waals surface area contributed by atoms with E-state index in [4.69, 9.17) is 0 Å². The second-order valence-corrected chi connectivity index (χ2v) is 7.14. The Morgan fingerprint density at radius 2 is 2.27 bits per heavy atom. The number of nitrogens with zero attached hydrogens (tertiary/aromatic N) is 2. The second kappa shape index (κ2) is 6.87. The summed E-state index contributed by atoms with van der Waals surface area (Å²) in [5.74, 6) is 0. The summed E-state index contributed by atoms with van der Waals surface area (Å²) >= 11 is 1.79. The molecule has 118 valence electrons. The van der Waals surface area contributed by atoms with Crippen molar-refractivity contribution in [2.24, 2.45) is 0 Å². The van der Waals surface area contributed by atoms with Crippen LogP contribution in [0.3, 0.4) is 0 Å². The Bertz CT molecular complexity index is 593. The van der Waals surface area contributed by atoms with Crippen molar-refractivity contribution in [2.45, 2.75) is 32.0 Å². The van der Waals surface area contributed by atoms with Gasteiger partial charge >= 0.3 is 0 Å². The van der Waals surface area contributed by atoms with Gasteiger partial charge in [0.25, 0.3) is 0 Å². The summed E-state index contributed by atoms with van der Waals surface area (Å²) in [5, 5.41) is 16.1. The Morgan fingerprint density at radius 1 is 1.36 bits per heavy atom. The zero-order valence-electron chi connectivity index (χ0n) is 13.0. The lowest BCUT2D eigenvalue weighted by Crippen LogP contribution is -2.44.